The van der Waals surface area contributed by atoms with Gasteiger partial charge in [-0.3, -0.25) is 25.0 Å². The number of rotatable bonds is 6. The van der Waals surface area contributed by atoms with Gasteiger partial charge in [-0.05, 0) is 31.0 Å². The molecule has 0 unspecified atom stereocenters. The molecule has 0 bridgehead atoms. The molecule has 30 heavy (non-hydrogen) atoms. The molecular formula is C19H18Cl2N4O5. The number of hydrogen-bond acceptors (Lipinski definition) is 6. The number of anilines is 2. The van der Waals surface area contributed by atoms with E-state index in [-0.39, 0.29) is 22.3 Å². The largest absolute Gasteiger partial charge is 0.376 e. The molecule has 1 fully saturated rings. The van der Waals surface area contributed by atoms with E-state index in [0.717, 1.165) is 44.2 Å². The Labute approximate surface area is 181 Å². The Hall–Kier alpha value is -2.91. The van der Waals surface area contributed by atoms with Gasteiger partial charge >= 0.3 is 0 Å². The van der Waals surface area contributed by atoms with Gasteiger partial charge in [-0.25, -0.2) is 0 Å². The monoisotopic (exact) mass is 452 g/mol. The van der Waals surface area contributed by atoms with Gasteiger partial charge in [-0.1, -0.05) is 42.5 Å². The number of nitrogens with zero attached hydrogens (tertiary/aromatic N) is 2. The molecule has 0 spiro atoms. The summed E-state index contributed by atoms with van der Waals surface area (Å²) in [5, 5.41) is 29.1. The second-order valence-electron chi connectivity index (χ2n) is 6.96. The highest BCUT2D eigenvalue weighted by Gasteiger charge is 2.29. The minimum Gasteiger partial charge on any atom is -0.376 e. The summed E-state index contributed by atoms with van der Waals surface area (Å²) in [6, 6.07) is 6.24. The zero-order chi connectivity index (χ0) is 21.8. The molecule has 1 amide bonds. The van der Waals surface area contributed by atoms with E-state index in [1.165, 1.54) is 18.2 Å². The lowest BCUT2D eigenvalue weighted by molar-refractivity contribution is -0.393. The SMILES string of the molecule is O=C(Nc1ccc(Cl)c(Cl)c1)c1cc([N+](=O)[O-])cc([N+](=O)[O-])c1NC1CCCCC1. The molecular weight excluding hydrogens is 435 g/mol. The maximum atomic E-state index is 13.0. The summed E-state index contributed by atoms with van der Waals surface area (Å²) in [7, 11) is 0. The molecule has 2 N–H and O–H groups in total. The number of hydrogen-bond donors (Lipinski definition) is 2. The van der Waals surface area contributed by atoms with Gasteiger partial charge in [0, 0.05) is 17.8 Å². The number of halogens is 2. The smallest absolute Gasteiger partial charge is 0.300 e. The van der Waals surface area contributed by atoms with Crippen LogP contribution in [0.15, 0.2) is 30.3 Å². The zero-order valence-electron chi connectivity index (χ0n) is 15.7. The fraction of sp³-hybridized carbons (Fsp3) is 0.316. The molecule has 9 nitrogen and oxygen atoms in total. The molecule has 2 aromatic carbocycles. The first-order chi connectivity index (χ1) is 14.3. The summed E-state index contributed by atoms with van der Waals surface area (Å²) in [5.41, 5.74) is -0.987. The normalized spacial score (nSPS) is 14.2. The molecule has 0 saturated heterocycles. The minimum absolute atomic E-state index is 0.0324. The summed E-state index contributed by atoms with van der Waals surface area (Å²) >= 11 is 11.8. The zero-order valence-corrected chi connectivity index (χ0v) is 17.2. The highest BCUT2D eigenvalue weighted by molar-refractivity contribution is 6.42. The lowest BCUT2D eigenvalue weighted by Gasteiger charge is -2.24. The van der Waals surface area contributed by atoms with Gasteiger partial charge in [-0.15, -0.1) is 0 Å². The Morgan fingerprint density at radius 3 is 2.27 bits per heavy atom. The van der Waals surface area contributed by atoms with E-state index in [4.69, 9.17) is 23.2 Å². The third-order valence-corrected chi connectivity index (χ3v) is 5.62. The molecule has 1 aliphatic carbocycles. The first-order valence-electron chi connectivity index (χ1n) is 9.26. The Balaban J connectivity index is 2.04. The summed E-state index contributed by atoms with van der Waals surface area (Å²) in [4.78, 5) is 34.4. The first-order valence-corrected chi connectivity index (χ1v) is 10.0. The van der Waals surface area contributed by atoms with Crippen molar-refractivity contribution in [3.05, 3.63) is 66.2 Å². The molecule has 0 atom stereocenters. The molecule has 0 aromatic heterocycles. The van der Waals surface area contributed by atoms with Crippen LogP contribution in [-0.4, -0.2) is 21.8 Å². The van der Waals surface area contributed by atoms with Crippen molar-refractivity contribution in [3.63, 3.8) is 0 Å². The van der Waals surface area contributed by atoms with Crippen LogP contribution < -0.4 is 10.6 Å². The van der Waals surface area contributed by atoms with E-state index in [1.807, 2.05) is 0 Å². The number of nitro benzene ring substituents is 2. The number of benzene rings is 2. The Kier molecular flexibility index (Phi) is 6.73. The third kappa shape index (κ3) is 4.98. The summed E-state index contributed by atoms with van der Waals surface area (Å²) in [6.45, 7) is 0. The van der Waals surface area contributed by atoms with Gasteiger partial charge in [0.15, 0.2) is 0 Å². The van der Waals surface area contributed by atoms with Gasteiger partial charge in [0.2, 0.25) is 0 Å². The third-order valence-electron chi connectivity index (χ3n) is 4.89. The van der Waals surface area contributed by atoms with Crippen LogP contribution in [0.3, 0.4) is 0 Å². The van der Waals surface area contributed by atoms with Crippen molar-refractivity contribution >= 4 is 51.9 Å². The van der Waals surface area contributed by atoms with E-state index < -0.39 is 27.1 Å². The Morgan fingerprint density at radius 2 is 1.67 bits per heavy atom. The van der Waals surface area contributed by atoms with Crippen molar-refractivity contribution in [1.82, 2.24) is 0 Å². The van der Waals surface area contributed by atoms with Crippen molar-refractivity contribution < 1.29 is 14.6 Å². The van der Waals surface area contributed by atoms with Gasteiger partial charge in [0.05, 0.1) is 31.5 Å². The van der Waals surface area contributed by atoms with Gasteiger partial charge in [0.25, 0.3) is 17.3 Å². The van der Waals surface area contributed by atoms with Gasteiger partial charge in [-0.2, -0.15) is 0 Å². The van der Waals surface area contributed by atoms with E-state index in [1.54, 1.807) is 0 Å². The number of nitro groups is 2. The highest BCUT2D eigenvalue weighted by atomic mass is 35.5. The predicted molar refractivity (Wildman–Crippen MR) is 115 cm³/mol. The maximum absolute atomic E-state index is 13.0. The van der Waals surface area contributed by atoms with Crippen molar-refractivity contribution in [2.24, 2.45) is 0 Å². The molecule has 3 rings (SSSR count). The summed E-state index contributed by atoms with van der Waals surface area (Å²) in [6.07, 6.45) is 4.59. The molecule has 0 aliphatic heterocycles. The number of non-ortho nitro benzene ring substituents is 1. The van der Waals surface area contributed by atoms with Crippen molar-refractivity contribution in [1.29, 1.82) is 0 Å². The lowest BCUT2D eigenvalue weighted by Crippen LogP contribution is -2.25. The van der Waals surface area contributed by atoms with E-state index in [0.29, 0.717) is 10.7 Å². The molecule has 1 aliphatic rings. The van der Waals surface area contributed by atoms with Gasteiger partial charge in [0.1, 0.15) is 5.69 Å². The molecule has 2 aromatic rings. The summed E-state index contributed by atoms with van der Waals surface area (Å²) < 4.78 is 0. The van der Waals surface area contributed by atoms with E-state index in [9.17, 15) is 25.0 Å². The average Bonchev–Trinajstić information content (AvgIpc) is 2.71. The van der Waals surface area contributed by atoms with E-state index in [2.05, 4.69) is 10.6 Å². The molecule has 0 radical (unpaired) electrons. The van der Waals surface area contributed by atoms with Crippen LogP contribution in [0.5, 0.6) is 0 Å². The van der Waals surface area contributed by atoms with Crippen LogP contribution >= 0.6 is 23.2 Å². The second-order valence-corrected chi connectivity index (χ2v) is 7.78. The predicted octanol–water partition coefficient (Wildman–Crippen LogP) is 5.81. The quantitative estimate of drug-likeness (QED) is 0.420. The highest BCUT2D eigenvalue weighted by Crippen LogP contribution is 2.36. The molecule has 11 heteroatoms. The van der Waals surface area contributed by atoms with Crippen LogP contribution in [0.25, 0.3) is 0 Å². The standard InChI is InChI=1S/C19H18Cl2N4O5/c20-15-7-6-12(8-16(15)21)23-19(26)14-9-13(24(27)28)10-17(25(29)30)18(14)22-11-4-2-1-3-5-11/h6-11,22H,1-5H2,(H,23,26). The minimum atomic E-state index is -0.771. The van der Waals surface area contributed by atoms with Crippen LogP contribution in [0, 0.1) is 20.2 Å². The maximum Gasteiger partial charge on any atom is 0.300 e. The lowest BCUT2D eigenvalue weighted by atomic mass is 9.94. The molecule has 158 valence electrons. The van der Waals surface area contributed by atoms with Gasteiger partial charge < -0.3 is 10.6 Å². The number of amides is 1. The Morgan fingerprint density at radius 1 is 0.967 bits per heavy atom. The van der Waals surface area contributed by atoms with Crippen molar-refractivity contribution in [2.75, 3.05) is 10.6 Å². The number of carbonyl (C=O) groups is 1. The summed E-state index contributed by atoms with van der Waals surface area (Å²) in [5.74, 6) is -0.738. The number of nitrogens with one attached hydrogen (secondary N) is 2. The van der Waals surface area contributed by atoms with Crippen LogP contribution in [0.4, 0.5) is 22.7 Å². The second kappa shape index (κ2) is 9.27. The fourth-order valence-corrected chi connectivity index (χ4v) is 3.71. The first kappa shape index (κ1) is 21.8. The Bertz CT molecular complexity index is 1010. The van der Waals surface area contributed by atoms with Crippen LogP contribution in [-0.2, 0) is 0 Å². The van der Waals surface area contributed by atoms with Crippen LogP contribution in [0.1, 0.15) is 42.5 Å². The van der Waals surface area contributed by atoms with E-state index >= 15 is 0 Å². The topological polar surface area (TPSA) is 127 Å². The fourth-order valence-electron chi connectivity index (χ4n) is 3.42. The molecule has 1 saturated carbocycles. The van der Waals surface area contributed by atoms with Crippen molar-refractivity contribution in [2.45, 2.75) is 38.1 Å². The molecule has 0 heterocycles. The van der Waals surface area contributed by atoms with Crippen LogP contribution in [0.2, 0.25) is 10.0 Å². The average molecular weight is 453 g/mol. The number of carbonyl (C=O) groups excluding carboxylic acids is 1. The van der Waals surface area contributed by atoms with Crippen molar-refractivity contribution in [3.8, 4) is 0 Å².